The quantitative estimate of drug-likeness (QED) is 0.776. The van der Waals surface area contributed by atoms with Crippen molar-refractivity contribution in [3.05, 3.63) is 41.2 Å². The van der Waals surface area contributed by atoms with Crippen molar-refractivity contribution in [2.75, 3.05) is 30.9 Å². The summed E-state index contributed by atoms with van der Waals surface area (Å²) in [5.74, 6) is 0.837. The fourth-order valence-corrected chi connectivity index (χ4v) is 1.90. The Labute approximate surface area is 135 Å². The van der Waals surface area contributed by atoms with Crippen LogP contribution >= 0.6 is 11.6 Å². The number of hydrogen-bond donors (Lipinski definition) is 2. The Hall–Kier alpha value is -2.06. The highest BCUT2D eigenvalue weighted by atomic mass is 35.5. The van der Waals surface area contributed by atoms with Crippen LogP contribution in [0.25, 0.3) is 0 Å². The largest absolute Gasteiger partial charge is 0.416 e. The third kappa shape index (κ3) is 4.97. The Bertz CT molecular complexity index is 667. The van der Waals surface area contributed by atoms with E-state index in [0.717, 1.165) is 12.1 Å². The molecule has 124 valence electrons. The summed E-state index contributed by atoms with van der Waals surface area (Å²) in [6.07, 6.45) is -3.15. The van der Waals surface area contributed by atoms with E-state index < -0.39 is 11.7 Å². The minimum absolute atomic E-state index is 0.114. The Morgan fingerprint density at radius 2 is 1.91 bits per heavy atom. The molecular weight excluding hydrogens is 333 g/mol. The first-order chi connectivity index (χ1) is 10.9. The van der Waals surface area contributed by atoms with Gasteiger partial charge in [0, 0.05) is 19.7 Å². The zero-order valence-electron chi connectivity index (χ0n) is 12.1. The maximum atomic E-state index is 12.8. The summed E-state index contributed by atoms with van der Waals surface area (Å²) < 4.78 is 43.2. The van der Waals surface area contributed by atoms with E-state index in [9.17, 15) is 13.2 Å². The van der Waals surface area contributed by atoms with Crippen LogP contribution in [0.4, 0.5) is 30.5 Å². The number of benzene rings is 1. The van der Waals surface area contributed by atoms with Crippen LogP contribution in [0.2, 0.25) is 5.02 Å². The van der Waals surface area contributed by atoms with Crippen LogP contribution in [0.5, 0.6) is 0 Å². The molecule has 2 N–H and O–H groups in total. The van der Waals surface area contributed by atoms with Crippen molar-refractivity contribution < 1.29 is 17.9 Å². The molecule has 0 unspecified atom stereocenters. The van der Waals surface area contributed by atoms with Crippen molar-refractivity contribution in [1.82, 2.24) is 9.97 Å². The molecule has 2 rings (SSSR count). The zero-order chi connectivity index (χ0) is 16.9. The van der Waals surface area contributed by atoms with Crippen molar-refractivity contribution >= 4 is 28.9 Å². The highest BCUT2D eigenvalue weighted by Gasteiger charge is 2.31. The van der Waals surface area contributed by atoms with E-state index in [4.69, 9.17) is 16.3 Å². The van der Waals surface area contributed by atoms with Gasteiger partial charge in [0.15, 0.2) is 0 Å². The molecule has 2 aromatic rings. The summed E-state index contributed by atoms with van der Waals surface area (Å²) in [6.45, 7) is 1.03. The van der Waals surface area contributed by atoms with Crippen molar-refractivity contribution in [2.24, 2.45) is 0 Å². The van der Waals surface area contributed by atoms with Gasteiger partial charge in [-0.05, 0) is 18.2 Å². The second-order valence-electron chi connectivity index (χ2n) is 4.53. The molecule has 0 atom stereocenters. The van der Waals surface area contributed by atoms with Crippen LogP contribution in [0, 0.1) is 0 Å². The smallest absolute Gasteiger partial charge is 0.383 e. The molecule has 0 aliphatic heterocycles. The lowest BCUT2D eigenvalue weighted by atomic mass is 10.2. The molecule has 9 heteroatoms. The molecule has 5 nitrogen and oxygen atoms in total. The van der Waals surface area contributed by atoms with Gasteiger partial charge in [0.25, 0.3) is 0 Å². The Balaban J connectivity index is 2.17. The van der Waals surface area contributed by atoms with Gasteiger partial charge in [-0.15, -0.1) is 0 Å². The minimum Gasteiger partial charge on any atom is -0.383 e. The van der Waals surface area contributed by atoms with Gasteiger partial charge in [0.2, 0.25) is 0 Å². The highest BCUT2D eigenvalue weighted by molar-refractivity contribution is 6.33. The second-order valence-corrected chi connectivity index (χ2v) is 4.93. The molecule has 1 aromatic carbocycles. The predicted octanol–water partition coefficient (Wildman–Crippen LogP) is 3.95. The summed E-state index contributed by atoms with van der Waals surface area (Å²) in [5.41, 5.74) is -0.681. The number of rotatable bonds is 6. The number of anilines is 3. The third-order valence-corrected chi connectivity index (χ3v) is 3.17. The van der Waals surface area contributed by atoms with Crippen molar-refractivity contribution in [3.8, 4) is 0 Å². The number of halogens is 4. The third-order valence-electron chi connectivity index (χ3n) is 2.84. The van der Waals surface area contributed by atoms with Gasteiger partial charge in [-0.3, -0.25) is 0 Å². The molecule has 0 amide bonds. The van der Waals surface area contributed by atoms with Gasteiger partial charge in [0.1, 0.15) is 18.0 Å². The number of nitrogens with zero attached hydrogens (tertiary/aromatic N) is 2. The zero-order valence-corrected chi connectivity index (χ0v) is 12.9. The highest BCUT2D eigenvalue weighted by Crippen LogP contribution is 2.34. The van der Waals surface area contributed by atoms with E-state index in [-0.39, 0.29) is 10.7 Å². The van der Waals surface area contributed by atoms with E-state index >= 15 is 0 Å². The van der Waals surface area contributed by atoms with Gasteiger partial charge >= 0.3 is 6.18 Å². The number of nitrogens with one attached hydrogen (secondary N) is 2. The number of ether oxygens (including phenoxy) is 1. The van der Waals surface area contributed by atoms with Crippen molar-refractivity contribution in [3.63, 3.8) is 0 Å². The second kappa shape index (κ2) is 7.47. The monoisotopic (exact) mass is 346 g/mol. The number of aromatic nitrogens is 2. The Kier molecular flexibility index (Phi) is 5.62. The summed E-state index contributed by atoms with van der Waals surface area (Å²) in [5, 5.41) is 5.91. The molecule has 0 bridgehead atoms. The van der Waals surface area contributed by atoms with Crippen molar-refractivity contribution in [2.45, 2.75) is 6.18 Å². The average Bonchev–Trinajstić information content (AvgIpc) is 2.49. The first-order valence-electron chi connectivity index (χ1n) is 6.59. The van der Waals surface area contributed by atoms with Gasteiger partial charge in [-0.2, -0.15) is 13.2 Å². The molecule has 1 heterocycles. The van der Waals surface area contributed by atoms with E-state index in [1.165, 1.54) is 12.4 Å². The molecule has 0 spiro atoms. The SMILES string of the molecule is COCCNc1cc(Nc2cc(C(F)(F)F)ccc2Cl)ncn1. The molecule has 0 fully saturated rings. The Morgan fingerprint density at radius 1 is 1.17 bits per heavy atom. The van der Waals surface area contributed by atoms with Crippen LogP contribution < -0.4 is 10.6 Å². The van der Waals surface area contributed by atoms with Crippen LogP contribution in [-0.4, -0.2) is 30.2 Å². The molecule has 0 aliphatic carbocycles. The number of alkyl halides is 3. The first kappa shape index (κ1) is 17.3. The van der Waals surface area contributed by atoms with E-state index in [1.54, 1.807) is 13.2 Å². The van der Waals surface area contributed by atoms with Gasteiger partial charge in [0.05, 0.1) is 22.9 Å². The van der Waals surface area contributed by atoms with E-state index in [0.29, 0.717) is 24.8 Å². The summed E-state index contributed by atoms with van der Waals surface area (Å²) in [4.78, 5) is 7.96. The number of methoxy groups -OCH3 is 1. The van der Waals surface area contributed by atoms with Crippen LogP contribution in [0.3, 0.4) is 0 Å². The lowest BCUT2D eigenvalue weighted by Crippen LogP contribution is -2.09. The molecule has 23 heavy (non-hydrogen) atoms. The maximum Gasteiger partial charge on any atom is 0.416 e. The van der Waals surface area contributed by atoms with Crippen molar-refractivity contribution in [1.29, 1.82) is 0 Å². The normalized spacial score (nSPS) is 11.3. The lowest BCUT2D eigenvalue weighted by molar-refractivity contribution is -0.137. The average molecular weight is 347 g/mol. The first-order valence-corrected chi connectivity index (χ1v) is 6.96. The topological polar surface area (TPSA) is 59.1 Å². The van der Waals surface area contributed by atoms with E-state index in [2.05, 4.69) is 20.6 Å². The molecule has 0 saturated carbocycles. The summed E-state index contributed by atoms with van der Waals surface area (Å²) in [7, 11) is 1.57. The molecule has 1 aromatic heterocycles. The fraction of sp³-hybridized carbons (Fsp3) is 0.286. The maximum absolute atomic E-state index is 12.8. The molecular formula is C14H14ClF3N4O. The molecule has 0 radical (unpaired) electrons. The predicted molar refractivity (Wildman–Crippen MR) is 82.1 cm³/mol. The minimum atomic E-state index is -4.44. The van der Waals surface area contributed by atoms with Gasteiger partial charge in [-0.1, -0.05) is 11.6 Å². The lowest BCUT2D eigenvalue weighted by Gasteiger charge is -2.12. The number of hydrogen-bond acceptors (Lipinski definition) is 5. The summed E-state index contributed by atoms with van der Waals surface area (Å²) >= 11 is 5.93. The van der Waals surface area contributed by atoms with E-state index in [1.807, 2.05) is 0 Å². The Morgan fingerprint density at radius 3 is 2.61 bits per heavy atom. The molecule has 0 aliphatic rings. The van der Waals surface area contributed by atoms with Gasteiger partial charge < -0.3 is 15.4 Å². The summed E-state index contributed by atoms with van der Waals surface area (Å²) in [6, 6.07) is 4.60. The standard InChI is InChI=1S/C14H14ClF3N4O/c1-23-5-4-19-12-7-13(21-8-20-12)22-11-6-9(14(16,17)18)2-3-10(11)15/h2-3,6-8H,4-5H2,1H3,(H2,19,20,21,22). The van der Waals surface area contributed by atoms with Crippen LogP contribution in [0.15, 0.2) is 30.6 Å². The van der Waals surface area contributed by atoms with Crippen LogP contribution in [0.1, 0.15) is 5.56 Å². The molecule has 0 saturated heterocycles. The van der Waals surface area contributed by atoms with Gasteiger partial charge in [-0.25, -0.2) is 9.97 Å². The van der Waals surface area contributed by atoms with Crippen LogP contribution in [-0.2, 0) is 10.9 Å². The fourth-order valence-electron chi connectivity index (χ4n) is 1.74.